The Morgan fingerprint density at radius 3 is 2.35 bits per heavy atom. The standard InChI is InChI=1S/C17H16F3N5O5S/c1-9(2)14(26)25(31(3,29)30)24-15(27)10-6-13(23-5-4-21-8-23)11(17(18,19)20)7-12(10)22-16(24)28/h4-9H,1-3H3,(H,22,28). The number of carbonyl (C=O) groups is 1. The number of halogens is 3. The molecule has 0 radical (unpaired) electrons. The summed E-state index contributed by atoms with van der Waals surface area (Å²) in [5.41, 5.74) is -4.79. The van der Waals surface area contributed by atoms with Crippen LogP contribution in [0.25, 0.3) is 16.6 Å². The zero-order valence-corrected chi connectivity index (χ0v) is 17.2. The summed E-state index contributed by atoms with van der Waals surface area (Å²) in [6.45, 7) is 2.71. The second-order valence-corrected chi connectivity index (χ2v) is 8.74. The van der Waals surface area contributed by atoms with E-state index in [4.69, 9.17) is 0 Å². The van der Waals surface area contributed by atoms with Gasteiger partial charge in [-0.1, -0.05) is 13.8 Å². The normalized spacial score (nSPS) is 12.5. The quantitative estimate of drug-likeness (QED) is 0.620. The smallest absolute Gasteiger partial charge is 0.306 e. The third kappa shape index (κ3) is 3.97. The Morgan fingerprint density at radius 2 is 1.87 bits per heavy atom. The van der Waals surface area contributed by atoms with E-state index in [0.717, 1.165) is 17.0 Å². The van der Waals surface area contributed by atoms with E-state index < -0.39 is 61.4 Å². The third-order valence-electron chi connectivity index (χ3n) is 4.26. The summed E-state index contributed by atoms with van der Waals surface area (Å²) in [6, 6.07) is 1.40. The molecule has 14 heteroatoms. The molecule has 1 N–H and O–H groups in total. The summed E-state index contributed by atoms with van der Waals surface area (Å²) in [4.78, 5) is 43.7. The number of benzene rings is 1. The first kappa shape index (κ1) is 22.3. The van der Waals surface area contributed by atoms with Crippen molar-refractivity contribution in [2.45, 2.75) is 20.0 Å². The molecule has 0 unspecified atom stereocenters. The van der Waals surface area contributed by atoms with Crippen LogP contribution in [-0.2, 0) is 21.0 Å². The van der Waals surface area contributed by atoms with Crippen LogP contribution in [0.5, 0.6) is 0 Å². The number of fused-ring (bicyclic) bond motifs is 1. The largest absolute Gasteiger partial charge is 0.418 e. The van der Waals surface area contributed by atoms with Gasteiger partial charge in [-0.05, 0) is 12.1 Å². The molecule has 0 saturated carbocycles. The highest BCUT2D eigenvalue weighted by molar-refractivity contribution is 7.92. The molecule has 31 heavy (non-hydrogen) atoms. The van der Waals surface area contributed by atoms with Gasteiger partial charge in [-0.15, -0.1) is 9.09 Å². The minimum Gasteiger partial charge on any atom is -0.306 e. The maximum absolute atomic E-state index is 13.6. The Hall–Kier alpha value is -3.42. The van der Waals surface area contributed by atoms with Crippen molar-refractivity contribution in [1.82, 2.24) is 19.2 Å². The van der Waals surface area contributed by atoms with E-state index in [1.807, 2.05) is 0 Å². The van der Waals surface area contributed by atoms with Crippen LogP contribution >= 0.6 is 0 Å². The SMILES string of the molecule is CC(C)C(=O)N(n1c(=O)[nH]c2cc(C(F)(F)F)c(-n3ccnc3)cc2c1=O)S(C)(=O)=O. The van der Waals surface area contributed by atoms with Gasteiger partial charge in [0.2, 0.25) is 0 Å². The van der Waals surface area contributed by atoms with Gasteiger partial charge in [0, 0.05) is 18.3 Å². The number of hydrogen-bond acceptors (Lipinski definition) is 6. The Labute approximate surface area is 172 Å². The number of nitrogens with zero attached hydrogens (tertiary/aromatic N) is 4. The number of amides is 1. The summed E-state index contributed by atoms with van der Waals surface area (Å²) in [5.74, 6) is -1.98. The predicted octanol–water partition coefficient (Wildman–Crippen LogP) is 0.974. The van der Waals surface area contributed by atoms with Crippen molar-refractivity contribution in [2.24, 2.45) is 5.92 Å². The van der Waals surface area contributed by atoms with Crippen LogP contribution in [0.4, 0.5) is 13.2 Å². The number of rotatable bonds is 4. The molecule has 0 aliphatic carbocycles. The van der Waals surface area contributed by atoms with Gasteiger partial charge < -0.3 is 9.55 Å². The molecule has 1 amide bonds. The van der Waals surface area contributed by atoms with Gasteiger partial charge in [-0.3, -0.25) is 9.59 Å². The summed E-state index contributed by atoms with van der Waals surface area (Å²) in [7, 11) is -4.43. The first-order chi connectivity index (χ1) is 14.2. The minimum atomic E-state index is -4.84. The fourth-order valence-corrected chi connectivity index (χ4v) is 3.86. The van der Waals surface area contributed by atoms with Gasteiger partial charge in [-0.25, -0.2) is 18.2 Å². The molecule has 10 nitrogen and oxygen atoms in total. The fraction of sp³-hybridized carbons (Fsp3) is 0.294. The molecular weight excluding hydrogens is 443 g/mol. The van der Waals surface area contributed by atoms with Gasteiger partial charge in [0.05, 0.1) is 34.7 Å². The number of H-pyrrole nitrogens is 1. The Kier molecular flexibility index (Phi) is 5.29. The summed E-state index contributed by atoms with van der Waals surface area (Å²) in [5, 5.41) is -0.443. The lowest BCUT2D eigenvalue weighted by Gasteiger charge is -2.23. The molecule has 166 valence electrons. The van der Waals surface area contributed by atoms with E-state index in [2.05, 4.69) is 9.97 Å². The lowest BCUT2D eigenvalue weighted by atomic mass is 10.1. The molecule has 0 spiro atoms. The molecule has 2 heterocycles. The number of carbonyl (C=O) groups excluding carboxylic acids is 1. The van der Waals surface area contributed by atoms with E-state index in [-0.39, 0.29) is 9.09 Å². The molecule has 0 aliphatic heterocycles. The number of alkyl halides is 3. The molecule has 0 aliphatic rings. The molecule has 3 rings (SSSR count). The van der Waals surface area contributed by atoms with E-state index in [0.29, 0.717) is 12.3 Å². The summed E-state index contributed by atoms with van der Waals surface area (Å²) < 4.78 is 66.2. The zero-order valence-electron chi connectivity index (χ0n) is 16.3. The summed E-state index contributed by atoms with van der Waals surface area (Å²) >= 11 is 0. The zero-order chi connectivity index (χ0) is 23.3. The first-order valence-corrected chi connectivity index (χ1v) is 10.5. The second kappa shape index (κ2) is 7.37. The third-order valence-corrected chi connectivity index (χ3v) is 5.23. The van der Waals surface area contributed by atoms with Gasteiger partial charge in [0.25, 0.3) is 21.5 Å². The number of hydrogen-bond donors (Lipinski definition) is 1. The van der Waals surface area contributed by atoms with Crippen molar-refractivity contribution in [3.63, 3.8) is 0 Å². The predicted molar refractivity (Wildman–Crippen MR) is 104 cm³/mol. The lowest BCUT2D eigenvalue weighted by molar-refractivity contribution is -0.137. The van der Waals surface area contributed by atoms with Gasteiger partial charge in [0.15, 0.2) is 0 Å². The van der Waals surface area contributed by atoms with Crippen LogP contribution in [0.1, 0.15) is 19.4 Å². The van der Waals surface area contributed by atoms with Crippen molar-refractivity contribution in [1.29, 1.82) is 0 Å². The van der Waals surface area contributed by atoms with Crippen LogP contribution < -0.4 is 15.7 Å². The maximum Gasteiger partial charge on any atom is 0.418 e. The molecule has 0 saturated heterocycles. The van der Waals surface area contributed by atoms with Crippen LogP contribution in [0.15, 0.2) is 40.4 Å². The fourth-order valence-electron chi connectivity index (χ4n) is 2.88. The van der Waals surface area contributed by atoms with Crippen molar-refractivity contribution in [3.8, 4) is 5.69 Å². The number of aromatic nitrogens is 4. The highest BCUT2D eigenvalue weighted by atomic mass is 32.2. The lowest BCUT2D eigenvalue weighted by Crippen LogP contribution is -2.56. The number of sulfonamides is 1. The van der Waals surface area contributed by atoms with Crippen LogP contribution in [-0.4, -0.2) is 39.8 Å². The summed E-state index contributed by atoms with van der Waals surface area (Å²) in [6.07, 6.45) is -0.710. The molecule has 0 bridgehead atoms. The van der Waals surface area contributed by atoms with Crippen LogP contribution in [0.2, 0.25) is 0 Å². The van der Waals surface area contributed by atoms with Crippen molar-refractivity contribution in [2.75, 3.05) is 10.7 Å². The van der Waals surface area contributed by atoms with Crippen molar-refractivity contribution in [3.05, 3.63) is 57.3 Å². The maximum atomic E-state index is 13.6. The highest BCUT2D eigenvalue weighted by Crippen LogP contribution is 2.35. The Balaban J connectivity index is 2.45. The molecule has 0 fully saturated rings. The average molecular weight is 459 g/mol. The molecule has 2 aromatic heterocycles. The minimum absolute atomic E-state index is 0.00678. The second-order valence-electron chi connectivity index (χ2n) is 6.93. The van der Waals surface area contributed by atoms with E-state index >= 15 is 0 Å². The molecule has 3 aromatic rings. The van der Waals surface area contributed by atoms with E-state index in [1.54, 1.807) is 0 Å². The van der Waals surface area contributed by atoms with Gasteiger partial charge in [-0.2, -0.15) is 13.2 Å². The molecular formula is C17H16F3N5O5S. The number of imidazole rings is 1. The van der Waals surface area contributed by atoms with Crippen molar-refractivity contribution < 1.29 is 26.4 Å². The average Bonchev–Trinajstić information content (AvgIpc) is 3.16. The van der Waals surface area contributed by atoms with E-state index in [1.165, 1.54) is 26.2 Å². The van der Waals surface area contributed by atoms with Crippen LogP contribution in [0, 0.1) is 5.92 Å². The van der Waals surface area contributed by atoms with E-state index in [9.17, 15) is 36.0 Å². The first-order valence-electron chi connectivity index (χ1n) is 8.66. The van der Waals surface area contributed by atoms with Gasteiger partial charge in [0.1, 0.15) is 0 Å². The molecule has 0 atom stereocenters. The molecule has 1 aromatic carbocycles. The number of nitrogens with one attached hydrogen (secondary N) is 1. The van der Waals surface area contributed by atoms with Crippen LogP contribution in [0.3, 0.4) is 0 Å². The number of aromatic amines is 1. The topological polar surface area (TPSA) is 127 Å². The van der Waals surface area contributed by atoms with Gasteiger partial charge >= 0.3 is 11.9 Å². The monoisotopic (exact) mass is 459 g/mol. The van der Waals surface area contributed by atoms with Crippen molar-refractivity contribution >= 4 is 26.8 Å². The Morgan fingerprint density at radius 1 is 1.23 bits per heavy atom. The Bertz CT molecular complexity index is 1390. The highest BCUT2D eigenvalue weighted by Gasteiger charge is 2.36.